The standard InChI is InChI=1S/C15H20N2O3/c1-11-3-2-4-13(9-11)14(18)16-10-17-7-5-12(6-8-17)15(19)20/h2-4,9,12H,5-8,10H2,1H3,(H,16,18)(H,19,20). The van der Waals surface area contributed by atoms with Gasteiger partial charge in [-0.1, -0.05) is 17.7 Å². The Labute approximate surface area is 118 Å². The number of amides is 1. The quantitative estimate of drug-likeness (QED) is 0.874. The number of benzene rings is 1. The van der Waals surface area contributed by atoms with E-state index in [0.717, 1.165) is 5.56 Å². The van der Waals surface area contributed by atoms with E-state index >= 15 is 0 Å². The van der Waals surface area contributed by atoms with Crippen LogP contribution in [-0.4, -0.2) is 41.6 Å². The Morgan fingerprint density at radius 3 is 2.65 bits per heavy atom. The van der Waals surface area contributed by atoms with Crippen LogP contribution in [0.3, 0.4) is 0 Å². The van der Waals surface area contributed by atoms with E-state index in [2.05, 4.69) is 10.2 Å². The van der Waals surface area contributed by atoms with Crippen molar-refractivity contribution in [2.45, 2.75) is 19.8 Å². The Morgan fingerprint density at radius 2 is 2.05 bits per heavy atom. The predicted octanol–water partition coefficient (Wildman–Crippen LogP) is 1.48. The molecule has 0 saturated carbocycles. The van der Waals surface area contributed by atoms with Gasteiger partial charge in [-0.15, -0.1) is 0 Å². The van der Waals surface area contributed by atoms with Gasteiger partial charge in [0.05, 0.1) is 12.6 Å². The zero-order valence-corrected chi connectivity index (χ0v) is 11.6. The van der Waals surface area contributed by atoms with Crippen LogP contribution in [-0.2, 0) is 4.79 Å². The second kappa shape index (κ2) is 6.52. The molecular weight excluding hydrogens is 256 g/mol. The Bertz CT molecular complexity index is 494. The Balaban J connectivity index is 1.79. The fraction of sp³-hybridized carbons (Fsp3) is 0.467. The first-order valence-corrected chi connectivity index (χ1v) is 6.86. The number of rotatable bonds is 4. The molecule has 5 nitrogen and oxygen atoms in total. The highest BCUT2D eigenvalue weighted by molar-refractivity contribution is 5.94. The maximum Gasteiger partial charge on any atom is 0.306 e. The van der Waals surface area contributed by atoms with Gasteiger partial charge >= 0.3 is 5.97 Å². The lowest BCUT2D eigenvalue weighted by molar-refractivity contribution is -0.143. The summed E-state index contributed by atoms with van der Waals surface area (Å²) in [5.74, 6) is -1.04. The Morgan fingerprint density at radius 1 is 1.35 bits per heavy atom. The summed E-state index contributed by atoms with van der Waals surface area (Å²) >= 11 is 0. The predicted molar refractivity (Wildman–Crippen MR) is 75.4 cm³/mol. The molecule has 1 aliphatic heterocycles. The van der Waals surface area contributed by atoms with Gasteiger partial charge in [-0.3, -0.25) is 14.5 Å². The van der Waals surface area contributed by atoms with Gasteiger partial charge in [-0.05, 0) is 31.9 Å². The summed E-state index contributed by atoms with van der Waals surface area (Å²) in [5, 5.41) is 11.8. The summed E-state index contributed by atoms with van der Waals surface area (Å²) in [4.78, 5) is 24.9. The van der Waals surface area contributed by atoms with E-state index in [-0.39, 0.29) is 11.8 Å². The number of hydrogen-bond acceptors (Lipinski definition) is 3. The summed E-state index contributed by atoms with van der Waals surface area (Å²) in [7, 11) is 0. The van der Waals surface area contributed by atoms with E-state index in [9.17, 15) is 9.59 Å². The summed E-state index contributed by atoms with van der Waals surface area (Å²) < 4.78 is 0. The average molecular weight is 276 g/mol. The van der Waals surface area contributed by atoms with Gasteiger partial charge in [0.2, 0.25) is 0 Å². The number of carboxylic acids is 1. The van der Waals surface area contributed by atoms with Crippen molar-refractivity contribution >= 4 is 11.9 Å². The number of carbonyl (C=O) groups excluding carboxylic acids is 1. The van der Waals surface area contributed by atoms with Crippen molar-refractivity contribution in [1.82, 2.24) is 10.2 Å². The van der Waals surface area contributed by atoms with Crippen LogP contribution in [0.5, 0.6) is 0 Å². The molecule has 0 radical (unpaired) electrons. The van der Waals surface area contributed by atoms with E-state index < -0.39 is 5.97 Å². The molecule has 1 heterocycles. The molecule has 0 aliphatic carbocycles. The monoisotopic (exact) mass is 276 g/mol. The van der Waals surface area contributed by atoms with E-state index in [0.29, 0.717) is 38.2 Å². The molecule has 20 heavy (non-hydrogen) atoms. The lowest BCUT2D eigenvalue weighted by Gasteiger charge is -2.29. The number of carbonyl (C=O) groups is 2. The molecule has 0 aromatic heterocycles. The summed E-state index contributed by atoms with van der Waals surface area (Å²) in [6.45, 7) is 3.85. The third-order valence-electron chi connectivity index (χ3n) is 3.68. The first kappa shape index (κ1) is 14.5. The minimum Gasteiger partial charge on any atom is -0.481 e. The molecule has 1 aromatic carbocycles. The third kappa shape index (κ3) is 3.81. The van der Waals surface area contributed by atoms with Crippen molar-refractivity contribution in [2.24, 2.45) is 5.92 Å². The van der Waals surface area contributed by atoms with E-state index in [1.807, 2.05) is 25.1 Å². The molecule has 2 rings (SSSR count). The average Bonchev–Trinajstić information content (AvgIpc) is 2.45. The van der Waals surface area contributed by atoms with Crippen LogP contribution < -0.4 is 5.32 Å². The normalized spacial score (nSPS) is 16.9. The zero-order chi connectivity index (χ0) is 14.5. The summed E-state index contributed by atoms with van der Waals surface area (Å²) in [6, 6.07) is 7.46. The topological polar surface area (TPSA) is 69.6 Å². The van der Waals surface area contributed by atoms with E-state index in [1.165, 1.54) is 0 Å². The summed E-state index contributed by atoms with van der Waals surface area (Å²) in [6.07, 6.45) is 1.30. The SMILES string of the molecule is Cc1cccc(C(=O)NCN2CCC(C(=O)O)CC2)c1. The largest absolute Gasteiger partial charge is 0.481 e. The third-order valence-corrected chi connectivity index (χ3v) is 3.68. The lowest BCUT2D eigenvalue weighted by atomic mass is 9.97. The number of piperidine rings is 1. The number of aryl methyl sites for hydroxylation is 1. The molecule has 0 bridgehead atoms. The fourth-order valence-electron chi connectivity index (χ4n) is 2.41. The van der Waals surface area contributed by atoms with Crippen molar-refractivity contribution in [1.29, 1.82) is 0 Å². The number of aliphatic carboxylic acids is 1. The Hall–Kier alpha value is -1.88. The Kier molecular flexibility index (Phi) is 4.74. The number of carboxylic acid groups (broad SMARTS) is 1. The van der Waals surface area contributed by atoms with Gasteiger partial charge in [0.15, 0.2) is 0 Å². The molecule has 0 atom stereocenters. The van der Waals surface area contributed by atoms with Gasteiger partial charge in [-0.25, -0.2) is 0 Å². The summed E-state index contributed by atoms with van der Waals surface area (Å²) in [5.41, 5.74) is 1.71. The molecule has 1 aliphatic rings. The molecule has 5 heteroatoms. The number of likely N-dealkylation sites (tertiary alicyclic amines) is 1. The zero-order valence-electron chi connectivity index (χ0n) is 11.6. The highest BCUT2D eigenvalue weighted by Crippen LogP contribution is 2.16. The molecule has 1 aromatic rings. The number of hydrogen-bond donors (Lipinski definition) is 2. The molecule has 0 unspecified atom stereocenters. The van der Waals surface area contributed by atoms with Crippen molar-refractivity contribution < 1.29 is 14.7 Å². The highest BCUT2D eigenvalue weighted by atomic mass is 16.4. The first-order valence-electron chi connectivity index (χ1n) is 6.86. The number of nitrogens with zero attached hydrogens (tertiary/aromatic N) is 1. The second-order valence-electron chi connectivity index (χ2n) is 5.26. The second-order valence-corrected chi connectivity index (χ2v) is 5.26. The van der Waals surface area contributed by atoms with Crippen LogP contribution >= 0.6 is 0 Å². The smallest absolute Gasteiger partial charge is 0.306 e. The minimum atomic E-state index is -0.714. The van der Waals surface area contributed by atoms with Gasteiger partial charge < -0.3 is 10.4 Å². The molecule has 108 valence electrons. The van der Waals surface area contributed by atoms with Gasteiger partial charge in [0.25, 0.3) is 5.91 Å². The highest BCUT2D eigenvalue weighted by Gasteiger charge is 2.24. The van der Waals surface area contributed by atoms with Crippen LogP contribution in [0.25, 0.3) is 0 Å². The molecular formula is C15H20N2O3. The minimum absolute atomic E-state index is 0.0888. The molecule has 1 saturated heterocycles. The van der Waals surface area contributed by atoms with Crippen LogP contribution in [0.1, 0.15) is 28.8 Å². The fourth-order valence-corrected chi connectivity index (χ4v) is 2.41. The van der Waals surface area contributed by atoms with Gasteiger partial charge in [-0.2, -0.15) is 0 Å². The van der Waals surface area contributed by atoms with Crippen molar-refractivity contribution in [3.63, 3.8) is 0 Å². The van der Waals surface area contributed by atoms with Crippen molar-refractivity contribution in [2.75, 3.05) is 19.8 Å². The van der Waals surface area contributed by atoms with Crippen molar-refractivity contribution in [3.05, 3.63) is 35.4 Å². The van der Waals surface area contributed by atoms with Gasteiger partial charge in [0.1, 0.15) is 0 Å². The van der Waals surface area contributed by atoms with Crippen LogP contribution in [0, 0.1) is 12.8 Å². The lowest BCUT2D eigenvalue weighted by Crippen LogP contribution is -2.43. The van der Waals surface area contributed by atoms with Gasteiger partial charge in [0, 0.05) is 18.7 Å². The number of nitrogens with one attached hydrogen (secondary N) is 1. The van der Waals surface area contributed by atoms with Crippen LogP contribution in [0.4, 0.5) is 0 Å². The van der Waals surface area contributed by atoms with E-state index in [1.54, 1.807) is 6.07 Å². The molecule has 1 amide bonds. The molecule has 1 fully saturated rings. The molecule has 2 N–H and O–H groups in total. The van der Waals surface area contributed by atoms with Crippen molar-refractivity contribution in [3.8, 4) is 0 Å². The molecule has 0 spiro atoms. The maximum atomic E-state index is 12.0. The van der Waals surface area contributed by atoms with Crippen LogP contribution in [0.15, 0.2) is 24.3 Å². The van der Waals surface area contributed by atoms with Crippen LogP contribution in [0.2, 0.25) is 0 Å². The first-order chi connectivity index (χ1) is 9.56. The van der Waals surface area contributed by atoms with E-state index in [4.69, 9.17) is 5.11 Å². The maximum absolute atomic E-state index is 12.0.